The summed E-state index contributed by atoms with van der Waals surface area (Å²) in [7, 11) is 0. The molecule has 1 aromatic rings. The van der Waals surface area contributed by atoms with Crippen LogP contribution in [-0.4, -0.2) is 19.8 Å². The molecule has 17 heavy (non-hydrogen) atoms. The van der Waals surface area contributed by atoms with Gasteiger partial charge in [0.2, 0.25) is 0 Å². The molecule has 1 rings (SSSR count). The Balaban J connectivity index is 2.04. The quantitative estimate of drug-likeness (QED) is 0.550. The van der Waals surface area contributed by atoms with E-state index in [9.17, 15) is 0 Å². The van der Waals surface area contributed by atoms with Crippen molar-refractivity contribution in [3.8, 4) is 0 Å². The van der Waals surface area contributed by atoms with E-state index in [0.717, 1.165) is 26.3 Å². The van der Waals surface area contributed by atoms with Gasteiger partial charge in [0.25, 0.3) is 0 Å². The van der Waals surface area contributed by atoms with Gasteiger partial charge in [-0.3, -0.25) is 0 Å². The molecule has 0 saturated heterocycles. The van der Waals surface area contributed by atoms with Gasteiger partial charge in [0.1, 0.15) is 0 Å². The first-order valence-corrected chi connectivity index (χ1v) is 6.10. The summed E-state index contributed by atoms with van der Waals surface area (Å²) in [6, 6.07) is 10.4. The zero-order valence-corrected chi connectivity index (χ0v) is 10.9. The lowest BCUT2D eigenvalue weighted by atomic mass is 9.95. The van der Waals surface area contributed by atoms with Crippen LogP contribution < -0.4 is 5.32 Å². The van der Waals surface area contributed by atoms with E-state index in [-0.39, 0.29) is 5.41 Å². The number of hydrogen-bond acceptors (Lipinski definition) is 2. The zero-order chi connectivity index (χ0) is 12.6. The fourth-order valence-electron chi connectivity index (χ4n) is 1.37. The molecule has 0 spiro atoms. The van der Waals surface area contributed by atoms with Crippen molar-refractivity contribution in [3.05, 3.63) is 48.6 Å². The molecule has 0 aliphatic heterocycles. The van der Waals surface area contributed by atoms with Gasteiger partial charge in [0.15, 0.2) is 0 Å². The van der Waals surface area contributed by atoms with Crippen LogP contribution in [0.3, 0.4) is 0 Å². The van der Waals surface area contributed by atoms with Crippen molar-refractivity contribution >= 4 is 0 Å². The van der Waals surface area contributed by atoms with Crippen LogP contribution >= 0.6 is 0 Å². The summed E-state index contributed by atoms with van der Waals surface area (Å²) in [4.78, 5) is 0. The normalized spacial score (nSPS) is 11.4. The molecule has 0 aliphatic carbocycles. The van der Waals surface area contributed by atoms with Gasteiger partial charge in [-0.1, -0.05) is 50.3 Å². The molecule has 1 aromatic carbocycles. The molecule has 0 saturated carbocycles. The van der Waals surface area contributed by atoms with Gasteiger partial charge >= 0.3 is 0 Å². The third kappa shape index (κ3) is 6.25. The monoisotopic (exact) mass is 233 g/mol. The Morgan fingerprint density at radius 3 is 2.65 bits per heavy atom. The van der Waals surface area contributed by atoms with E-state index in [1.807, 2.05) is 12.1 Å². The summed E-state index contributed by atoms with van der Waals surface area (Å²) in [5, 5.41) is 3.36. The highest BCUT2D eigenvalue weighted by Crippen LogP contribution is 2.15. The van der Waals surface area contributed by atoms with Crippen LogP contribution in [-0.2, 0) is 11.3 Å². The Bertz CT molecular complexity index is 319. The highest BCUT2D eigenvalue weighted by molar-refractivity contribution is 5.14. The summed E-state index contributed by atoms with van der Waals surface area (Å²) < 4.78 is 5.59. The SMILES string of the molecule is C=CC(C)(C)COCCNCc1ccccc1. The largest absolute Gasteiger partial charge is 0.379 e. The predicted octanol–water partition coefficient (Wildman–Crippen LogP) is 3.01. The zero-order valence-electron chi connectivity index (χ0n) is 10.9. The molecular weight excluding hydrogens is 210 g/mol. The third-order valence-electron chi connectivity index (χ3n) is 2.62. The van der Waals surface area contributed by atoms with E-state index >= 15 is 0 Å². The minimum Gasteiger partial charge on any atom is -0.379 e. The maximum absolute atomic E-state index is 5.59. The second kappa shape index (κ2) is 7.25. The summed E-state index contributed by atoms with van der Waals surface area (Å²) in [6.07, 6.45) is 1.93. The van der Waals surface area contributed by atoms with Crippen molar-refractivity contribution in [2.24, 2.45) is 5.41 Å². The van der Waals surface area contributed by atoms with Crippen LogP contribution in [0.2, 0.25) is 0 Å². The van der Waals surface area contributed by atoms with E-state index in [4.69, 9.17) is 4.74 Å². The Morgan fingerprint density at radius 2 is 2.00 bits per heavy atom. The van der Waals surface area contributed by atoms with Crippen LogP contribution in [0.1, 0.15) is 19.4 Å². The second-order valence-corrected chi connectivity index (χ2v) is 4.91. The molecule has 0 unspecified atom stereocenters. The number of hydrogen-bond donors (Lipinski definition) is 1. The fraction of sp³-hybridized carbons (Fsp3) is 0.467. The lowest BCUT2D eigenvalue weighted by molar-refractivity contribution is 0.0854. The van der Waals surface area contributed by atoms with Crippen molar-refractivity contribution in [1.82, 2.24) is 5.32 Å². The van der Waals surface area contributed by atoms with Crippen molar-refractivity contribution in [2.75, 3.05) is 19.8 Å². The van der Waals surface area contributed by atoms with Crippen LogP contribution in [0, 0.1) is 5.41 Å². The second-order valence-electron chi connectivity index (χ2n) is 4.91. The van der Waals surface area contributed by atoms with Crippen molar-refractivity contribution in [1.29, 1.82) is 0 Å². The molecule has 94 valence electrons. The molecule has 0 aromatic heterocycles. The third-order valence-corrected chi connectivity index (χ3v) is 2.62. The van der Waals surface area contributed by atoms with E-state index in [1.54, 1.807) is 0 Å². The molecule has 0 amide bonds. The van der Waals surface area contributed by atoms with Crippen molar-refractivity contribution < 1.29 is 4.74 Å². The standard InChI is InChI=1S/C15H23NO/c1-4-15(2,3)13-17-11-10-16-12-14-8-6-5-7-9-14/h4-9,16H,1,10-13H2,2-3H3. The fourth-order valence-corrected chi connectivity index (χ4v) is 1.37. The molecule has 2 heteroatoms. The average molecular weight is 233 g/mol. The maximum Gasteiger partial charge on any atom is 0.0591 e. The minimum atomic E-state index is 0.0689. The minimum absolute atomic E-state index is 0.0689. The Labute approximate surface area is 105 Å². The van der Waals surface area contributed by atoms with Gasteiger partial charge in [0.05, 0.1) is 13.2 Å². The molecule has 2 nitrogen and oxygen atoms in total. The predicted molar refractivity (Wildman–Crippen MR) is 72.9 cm³/mol. The number of nitrogens with one attached hydrogen (secondary N) is 1. The Hall–Kier alpha value is -1.12. The maximum atomic E-state index is 5.59. The van der Waals surface area contributed by atoms with E-state index < -0.39 is 0 Å². The molecule has 0 radical (unpaired) electrons. The topological polar surface area (TPSA) is 21.3 Å². The Kier molecular flexibility index (Phi) is 5.95. The van der Waals surface area contributed by atoms with Crippen molar-refractivity contribution in [2.45, 2.75) is 20.4 Å². The van der Waals surface area contributed by atoms with Crippen LogP contribution in [0.15, 0.2) is 43.0 Å². The van der Waals surface area contributed by atoms with Gasteiger partial charge in [-0.05, 0) is 5.56 Å². The first-order valence-electron chi connectivity index (χ1n) is 6.10. The van der Waals surface area contributed by atoms with Gasteiger partial charge in [-0.25, -0.2) is 0 Å². The van der Waals surface area contributed by atoms with Gasteiger partial charge in [0, 0.05) is 18.5 Å². The molecular formula is C15H23NO. The van der Waals surface area contributed by atoms with Crippen LogP contribution in [0.5, 0.6) is 0 Å². The average Bonchev–Trinajstić information content (AvgIpc) is 2.35. The van der Waals surface area contributed by atoms with Gasteiger partial charge < -0.3 is 10.1 Å². The van der Waals surface area contributed by atoms with E-state index in [2.05, 4.69) is 50.0 Å². The first-order chi connectivity index (χ1) is 8.14. The molecule has 0 bridgehead atoms. The van der Waals surface area contributed by atoms with E-state index in [0.29, 0.717) is 0 Å². The van der Waals surface area contributed by atoms with Gasteiger partial charge in [-0.15, -0.1) is 6.58 Å². The molecule has 0 atom stereocenters. The molecule has 0 aliphatic rings. The highest BCUT2D eigenvalue weighted by Gasteiger charge is 2.12. The Morgan fingerprint density at radius 1 is 1.29 bits per heavy atom. The number of rotatable bonds is 8. The summed E-state index contributed by atoms with van der Waals surface area (Å²) in [5.74, 6) is 0. The van der Waals surface area contributed by atoms with Crippen LogP contribution in [0.4, 0.5) is 0 Å². The van der Waals surface area contributed by atoms with Crippen molar-refractivity contribution in [3.63, 3.8) is 0 Å². The summed E-state index contributed by atoms with van der Waals surface area (Å²) >= 11 is 0. The molecule has 1 N–H and O–H groups in total. The number of benzene rings is 1. The molecule has 0 heterocycles. The lowest BCUT2D eigenvalue weighted by Gasteiger charge is -2.19. The smallest absolute Gasteiger partial charge is 0.0591 e. The summed E-state index contributed by atoms with van der Waals surface area (Å²) in [5.41, 5.74) is 1.37. The molecule has 0 fully saturated rings. The van der Waals surface area contributed by atoms with Crippen LogP contribution in [0.25, 0.3) is 0 Å². The lowest BCUT2D eigenvalue weighted by Crippen LogP contribution is -2.23. The summed E-state index contributed by atoms with van der Waals surface area (Å²) in [6.45, 7) is 11.3. The number of ether oxygens (including phenoxy) is 1. The first kappa shape index (κ1) is 13.9. The van der Waals surface area contributed by atoms with Gasteiger partial charge in [-0.2, -0.15) is 0 Å². The highest BCUT2D eigenvalue weighted by atomic mass is 16.5. The van der Waals surface area contributed by atoms with E-state index in [1.165, 1.54) is 5.56 Å².